The molecule has 100 valence electrons. The van der Waals surface area contributed by atoms with Crippen LogP contribution in [-0.4, -0.2) is 17.3 Å². The highest BCUT2D eigenvalue weighted by molar-refractivity contribution is 5.45. The quantitative estimate of drug-likeness (QED) is 0.894. The van der Waals surface area contributed by atoms with E-state index in [1.54, 1.807) is 19.1 Å². The molecule has 0 aliphatic heterocycles. The zero-order valence-corrected chi connectivity index (χ0v) is 10.7. The Morgan fingerprint density at radius 2 is 1.74 bits per heavy atom. The lowest BCUT2D eigenvalue weighted by molar-refractivity contribution is 0.0985. The molecule has 0 bridgehead atoms. The molecule has 0 aliphatic rings. The highest BCUT2D eigenvalue weighted by atomic mass is 19.1. The van der Waals surface area contributed by atoms with Crippen molar-refractivity contribution < 1.29 is 19.3 Å². The fourth-order valence-corrected chi connectivity index (χ4v) is 2.00. The summed E-state index contributed by atoms with van der Waals surface area (Å²) in [6.07, 6.45) is 0. The van der Waals surface area contributed by atoms with E-state index in [1.165, 1.54) is 37.4 Å². The molecular formula is C15H15FO3. The van der Waals surface area contributed by atoms with Crippen molar-refractivity contribution in [2.24, 2.45) is 0 Å². The number of halogens is 1. The number of ether oxygens (including phenoxy) is 1. The summed E-state index contributed by atoms with van der Waals surface area (Å²) < 4.78 is 18.5. The molecule has 0 spiro atoms. The van der Waals surface area contributed by atoms with Crippen LogP contribution in [0, 0.1) is 5.82 Å². The average molecular weight is 262 g/mol. The summed E-state index contributed by atoms with van der Waals surface area (Å²) in [5.74, 6) is 0.0556. The number of phenolic OH excluding ortho intramolecular Hbond substituents is 1. The lowest BCUT2D eigenvalue weighted by atomic mass is 9.87. The molecule has 0 fully saturated rings. The second kappa shape index (κ2) is 4.90. The molecule has 2 N–H and O–H groups in total. The molecule has 0 aliphatic carbocycles. The molecule has 2 aromatic rings. The maximum atomic E-state index is 13.4. The van der Waals surface area contributed by atoms with Gasteiger partial charge in [-0.25, -0.2) is 4.39 Å². The first-order valence-electron chi connectivity index (χ1n) is 5.81. The smallest absolute Gasteiger partial charge is 0.125 e. The number of rotatable bonds is 3. The Balaban J connectivity index is 2.55. The second-order valence-corrected chi connectivity index (χ2v) is 4.46. The highest BCUT2D eigenvalue weighted by Crippen LogP contribution is 2.36. The van der Waals surface area contributed by atoms with Gasteiger partial charge in [0.2, 0.25) is 0 Å². The minimum Gasteiger partial charge on any atom is -0.508 e. The van der Waals surface area contributed by atoms with Gasteiger partial charge in [-0.2, -0.15) is 0 Å². The zero-order chi connectivity index (χ0) is 14.0. The van der Waals surface area contributed by atoms with Gasteiger partial charge in [-0.1, -0.05) is 12.1 Å². The molecule has 0 radical (unpaired) electrons. The van der Waals surface area contributed by atoms with E-state index in [0.29, 0.717) is 16.9 Å². The van der Waals surface area contributed by atoms with Gasteiger partial charge < -0.3 is 14.9 Å². The minimum absolute atomic E-state index is 0.103. The van der Waals surface area contributed by atoms with Gasteiger partial charge in [-0.15, -0.1) is 0 Å². The molecule has 0 aromatic heterocycles. The Morgan fingerprint density at radius 3 is 2.32 bits per heavy atom. The van der Waals surface area contributed by atoms with Crippen LogP contribution in [0.5, 0.6) is 11.5 Å². The van der Waals surface area contributed by atoms with Crippen molar-refractivity contribution in [2.75, 3.05) is 7.11 Å². The van der Waals surface area contributed by atoms with E-state index in [1.807, 2.05) is 0 Å². The predicted octanol–water partition coefficient (Wildman–Crippen LogP) is 2.80. The van der Waals surface area contributed by atoms with E-state index >= 15 is 0 Å². The van der Waals surface area contributed by atoms with Crippen molar-refractivity contribution in [3.05, 3.63) is 59.4 Å². The van der Waals surface area contributed by atoms with Crippen molar-refractivity contribution in [3.63, 3.8) is 0 Å². The molecular weight excluding hydrogens is 247 g/mol. The van der Waals surface area contributed by atoms with Gasteiger partial charge in [0.05, 0.1) is 7.11 Å². The van der Waals surface area contributed by atoms with Gasteiger partial charge in [0.15, 0.2) is 0 Å². The van der Waals surface area contributed by atoms with Crippen molar-refractivity contribution in [1.29, 1.82) is 0 Å². The van der Waals surface area contributed by atoms with Crippen LogP contribution in [0.1, 0.15) is 18.1 Å². The Hall–Kier alpha value is -2.07. The van der Waals surface area contributed by atoms with E-state index in [-0.39, 0.29) is 5.75 Å². The highest BCUT2D eigenvalue weighted by Gasteiger charge is 2.29. The monoisotopic (exact) mass is 262 g/mol. The first kappa shape index (κ1) is 13.4. The van der Waals surface area contributed by atoms with E-state index in [0.717, 1.165) is 0 Å². The van der Waals surface area contributed by atoms with Gasteiger partial charge in [-0.3, -0.25) is 0 Å². The summed E-state index contributed by atoms with van der Waals surface area (Å²) in [5, 5.41) is 19.9. The van der Waals surface area contributed by atoms with Crippen molar-refractivity contribution in [1.82, 2.24) is 0 Å². The lowest BCUT2D eigenvalue weighted by Crippen LogP contribution is -2.23. The lowest BCUT2D eigenvalue weighted by Gasteiger charge is -2.26. The summed E-state index contributed by atoms with van der Waals surface area (Å²) in [4.78, 5) is 0. The summed E-state index contributed by atoms with van der Waals surface area (Å²) in [6, 6.07) is 10.1. The van der Waals surface area contributed by atoms with Gasteiger partial charge in [0, 0.05) is 5.56 Å². The van der Waals surface area contributed by atoms with Gasteiger partial charge >= 0.3 is 0 Å². The first-order chi connectivity index (χ1) is 8.95. The third kappa shape index (κ3) is 2.53. The van der Waals surface area contributed by atoms with Gasteiger partial charge in [-0.05, 0) is 42.8 Å². The van der Waals surface area contributed by atoms with Gasteiger partial charge in [0.1, 0.15) is 22.9 Å². The van der Waals surface area contributed by atoms with E-state index in [4.69, 9.17) is 4.74 Å². The minimum atomic E-state index is -1.42. The van der Waals surface area contributed by atoms with Crippen LogP contribution >= 0.6 is 0 Å². The second-order valence-electron chi connectivity index (χ2n) is 4.46. The Labute approximate surface area is 110 Å². The topological polar surface area (TPSA) is 49.7 Å². The van der Waals surface area contributed by atoms with Crippen molar-refractivity contribution in [2.45, 2.75) is 12.5 Å². The van der Waals surface area contributed by atoms with Crippen LogP contribution in [-0.2, 0) is 5.60 Å². The first-order valence-corrected chi connectivity index (χ1v) is 5.81. The molecule has 1 atom stereocenters. The number of hydrogen-bond donors (Lipinski definition) is 2. The number of phenols is 1. The molecule has 1 unspecified atom stereocenters. The third-order valence-corrected chi connectivity index (χ3v) is 3.12. The Kier molecular flexibility index (Phi) is 3.44. The standard InChI is InChI=1S/C15H15FO3/c1-15(18,10-3-6-12(17)7-4-10)13-9-11(16)5-8-14(13)19-2/h3-9,17-18H,1-2H3. The van der Waals surface area contributed by atoms with Crippen LogP contribution in [0.3, 0.4) is 0 Å². The van der Waals surface area contributed by atoms with E-state index in [9.17, 15) is 14.6 Å². The molecule has 19 heavy (non-hydrogen) atoms. The van der Waals surface area contributed by atoms with Crippen LogP contribution < -0.4 is 4.74 Å². The summed E-state index contributed by atoms with van der Waals surface area (Å²) in [5.41, 5.74) is -0.545. The van der Waals surface area contributed by atoms with Crippen molar-refractivity contribution >= 4 is 0 Å². The number of methoxy groups -OCH3 is 1. The predicted molar refractivity (Wildman–Crippen MR) is 69.7 cm³/mol. The molecule has 2 aromatic carbocycles. The van der Waals surface area contributed by atoms with Crippen LogP contribution in [0.4, 0.5) is 4.39 Å². The zero-order valence-electron chi connectivity index (χ0n) is 10.7. The van der Waals surface area contributed by atoms with E-state index in [2.05, 4.69) is 0 Å². The maximum Gasteiger partial charge on any atom is 0.125 e. The number of aliphatic hydroxyl groups is 1. The normalized spacial score (nSPS) is 13.9. The number of hydrogen-bond acceptors (Lipinski definition) is 3. The van der Waals surface area contributed by atoms with Crippen LogP contribution in [0.15, 0.2) is 42.5 Å². The number of benzene rings is 2. The van der Waals surface area contributed by atoms with Crippen LogP contribution in [0.25, 0.3) is 0 Å². The summed E-state index contributed by atoms with van der Waals surface area (Å²) in [6.45, 7) is 1.55. The average Bonchev–Trinajstić information content (AvgIpc) is 2.39. The fraction of sp³-hybridized carbons (Fsp3) is 0.200. The van der Waals surface area contributed by atoms with Gasteiger partial charge in [0.25, 0.3) is 0 Å². The molecule has 3 nitrogen and oxygen atoms in total. The molecule has 0 amide bonds. The molecule has 0 heterocycles. The number of aromatic hydroxyl groups is 1. The summed E-state index contributed by atoms with van der Waals surface area (Å²) in [7, 11) is 1.46. The fourth-order valence-electron chi connectivity index (χ4n) is 2.00. The van der Waals surface area contributed by atoms with E-state index < -0.39 is 11.4 Å². The Morgan fingerprint density at radius 1 is 1.11 bits per heavy atom. The van der Waals surface area contributed by atoms with Crippen LogP contribution in [0.2, 0.25) is 0 Å². The maximum absolute atomic E-state index is 13.4. The molecule has 4 heteroatoms. The SMILES string of the molecule is COc1ccc(F)cc1C(C)(O)c1ccc(O)cc1. The largest absolute Gasteiger partial charge is 0.508 e. The van der Waals surface area contributed by atoms with Crippen molar-refractivity contribution in [3.8, 4) is 11.5 Å². The third-order valence-electron chi connectivity index (χ3n) is 3.12. The molecule has 0 saturated heterocycles. The molecule has 0 saturated carbocycles. The summed E-state index contributed by atoms with van der Waals surface area (Å²) >= 11 is 0. The molecule has 2 rings (SSSR count). The Bertz CT molecular complexity index is 576.